The Balaban J connectivity index is 1.61. The Bertz CT molecular complexity index is 1020. The van der Waals surface area contributed by atoms with Gasteiger partial charge in [0.15, 0.2) is 5.75 Å². The Labute approximate surface area is 145 Å². The predicted octanol–water partition coefficient (Wildman–Crippen LogP) is 5.21. The molecule has 1 heterocycles. The number of carbonyl (C=O) groups excluding carboxylic acids is 1. The minimum absolute atomic E-state index is 0.179. The average Bonchev–Trinajstić information content (AvgIpc) is 3.08. The van der Waals surface area contributed by atoms with E-state index in [1.807, 2.05) is 78.9 Å². The number of anilines is 1. The number of rotatable bonds is 4. The second kappa shape index (κ2) is 6.53. The van der Waals surface area contributed by atoms with Gasteiger partial charge in [0.1, 0.15) is 5.75 Å². The van der Waals surface area contributed by atoms with Gasteiger partial charge in [0, 0.05) is 17.1 Å². The highest BCUT2D eigenvalue weighted by Crippen LogP contribution is 2.30. The fraction of sp³-hybridized carbons (Fsp3) is 0. The molecule has 0 unspecified atom stereocenters. The molecule has 2 N–H and O–H groups in total. The van der Waals surface area contributed by atoms with E-state index in [1.165, 1.54) is 0 Å². The Hall–Kier alpha value is -3.53. The van der Waals surface area contributed by atoms with E-state index >= 15 is 0 Å². The van der Waals surface area contributed by atoms with E-state index in [0.717, 1.165) is 16.7 Å². The third kappa shape index (κ3) is 3.10. The van der Waals surface area contributed by atoms with Gasteiger partial charge in [0.25, 0.3) is 5.91 Å². The van der Waals surface area contributed by atoms with Gasteiger partial charge in [-0.1, -0.05) is 48.5 Å². The number of para-hydroxylation sites is 4. The van der Waals surface area contributed by atoms with Crippen molar-refractivity contribution in [2.45, 2.75) is 0 Å². The van der Waals surface area contributed by atoms with E-state index < -0.39 is 0 Å². The molecule has 0 radical (unpaired) electrons. The fourth-order valence-electron chi connectivity index (χ4n) is 2.72. The van der Waals surface area contributed by atoms with Gasteiger partial charge in [-0.05, 0) is 30.3 Å². The number of hydrogen-bond acceptors (Lipinski definition) is 2. The number of amides is 1. The van der Waals surface area contributed by atoms with Crippen LogP contribution in [0.15, 0.2) is 85.1 Å². The zero-order chi connectivity index (χ0) is 17.1. The summed E-state index contributed by atoms with van der Waals surface area (Å²) >= 11 is 0. The number of nitrogens with one attached hydrogen (secondary N) is 2. The van der Waals surface area contributed by atoms with Crippen LogP contribution in [0.5, 0.6) is 11.5 Å². The highest BCUT2D eigenvalue weighted by molar-refractivity contribution is 6.13. The summed E-state index contributed by atoms with van der Waals surface area (Å²) in [6.07, 6.45) is 1.72. The third-order valence-corrected chi connectivity index (χ3v) is 3.94. The number of hydrogen-bond donors (Lipinski definition) is 2. The van der Waals surface area contributed by atoms with Crippen molar-refractivity contribution in [1.29, 1.82) is 0 Å². The molecule has 1 amide bonds. The lowest BCUT2D eigenvalue weighted by atomic mass is 10.1. The van der Waals surface area contributed by atoms with Crippen molar-refractivity contribution in [3.8, 4) is 11.5 Å². The van der Waals surface area contributed by atoms with Crippen LogP contribution >= 0.6 is 0 Å². The summed E-state index contributed by atoms with van der Waals surface area (Å²) in [7, 11) is 0. The number of benzene rings is 3. The Morgan fingerprint density at radius 3 is 2.44 bits per heavy atom. The van der Waals surface area contributed by atoms with Crippen molar-refractivity contribution in [2.24, 2.45) is 0 Å². The fourth-order valence-corrected chi connectivity index (χ4v) is 2.72. The summed E-state index contributed by atoms with van der Waals surface area (Å²) in [6.45, 7) is 0. The highest BCUT2D eigenvalue weighted by atomic mass is 16.5. The molecule has 1 aromatic heterocycles. The van der Waals surface area contributed by atoms with Crippen LogP contribution in [-0.4, -0.2) is 10.9 Å². The van der Waals surface area contributed by atoms with Gasteiger partial charge >= 0.3 is 0 Å². The molecule has 0 fully saturated rings. The standard InChI is InChI=1S/C21H16N2O2/c24-21(17-14-22-18-11-5-4-10-16(17)18)23-19-12-6-7-13-20(19)25-15-8-2-1-3-9-15/h1-14,22H,(H,23,24). The summed E-state index contributed by atoms with van der Waals surface area (Å²) in [4.78, 5) is 15.8. The van der Waals surface area contributed by atoms with Crippen LogP contribution in [0.3, 0.4) is 0 Å². The van der Waals surface area contributed by atoms with Crippen molar-refractivity contribution in [2.75, 3.05) is 5.32 Å². The third-order valence-electron chi connectivity index (χ3n) is 3.94. The molecule has 0 aliphatic heterocycles. The number of carbonyl (C=O) groups is 1. The van der Waals surface area contributed by atoms with Crippen LogP contribution < -0.4 is 10.1 Å². The number of ether oxygens (including phenoxy) is 1. The molecule has 0 saturated carbocycles. The maximum atomic E-state index is 12.7. The van der Waals surface area contributed by atoms with Crippen molar-refractivity contribution in [3.05, 3.63) is 90.6 Å². The zero-order valence-electron chi connectivity index (χ0n) is 13.4. The summed E-state index contributed by atoms with van der Waals surface area (Å²) in [6, 6.07) is 24.6. The quantitative estimate of drug-likeness (QED) is 0.540. The lowest BCUT2D eigenvalue weighted by Gasteiger charge is -2.12. The lowest BCUT2D eigenvalue weighted by molar-refractivity contribution is 0.102. The number of fused-ring (bicyclic) bond motifs is 1. The molecule has 4 nitrogen and oxygen atoms in total. The molecule has 0 bridgehead atoms. The van der Waals surface area contributed by atoms with Crippen molar-refractivity contribution < 1.29 is 9.53 Å². The SMILES string of the molecule is O=C(Nc1ccccc1Oc1ccccc1)c1c[nH]c2ccccc12. The van der Waals surface area contributed by atoms with Gasteiger partial charge < -0.3 is 15.0 Å². The normalized spacial score (nSPS) is 10.6. The van der Waals surface area contributed by atoms with E-state index in [9.17, 15) is 4.79 Å². The monoisotopic (exact) mass is 328 g/mol. The van der Waals surface area contributed by atoms with Gasteiger partial charge in [-0.15, -0.1) is 0 Å². The largest absolute Gasteiger partial charge is 0.455 e. The summed E-state index contributed by atoms with van der Waals surface area (Å²) in [5.41, 5.74) is 2.16. The second-order valence-electron chi connectivity index (χ2n) is 5.61. The highest BCUT2D eigenvalue weighted by Gasteiger charge is 2.14. The maximum Gasteiger partial charge on any atom is 0.257 e. The van der Waals surface area contributed by atoms with E-state index in [2.05, 4.69) is 10.3 Å². The molecule has 0 spiro atoms. The molecule has 0 aliphatic carbocycles. The molecule has 0 atom stereocenters. The zero-order valence-corrected chi connectivity index (χ0v) is 13.4. The van der Waals surface area contributed by atoms with Gasteiger partial charge in [-0.25, -0.2) is 0 Å². The van der Waals surface area contributed by atoms with Crippen molar-refractivity contribution in [3.63, 3.8) is 0 Å². The molecular weight excluding hydrogens is 312 g/mol. The van der Waals surface area contributed by atoms with Crippen LogP contribution in [0.4, 0.5) is 5.69 Å². The molecule has 4 rings (SSSR count). The first kappa shape index (κ1) is 15.0. The maximum absolute atomic E-state index is 12.7. The summed E-state index contributed by atoms with van der Waals surface area (Å²) in [5.74, 6) is 1.14. The van der Waals surface area contributed by atoms with E-state index in [0.29, 0.717) is 17.0 Å². The molecule has 4 aromatic rings. The van der Waals surface area contributed by atoms with Crippen LogP contribution in [0.2, 0.25) is 0 Å². The number of aromatic amines is 1. The summed E-state index contributed by atoms with van der Waals surface area (Å²) < 4.78 is 5.89. The molecule has 0 saturated heterocycles. The Kier molecular flexibility index (Phi) is 3.92. The van der Waals surface area contributed by atoms with Gasteiger partial charge in [0.2, 0.25) is 0 Å². The van der Waals surface area contributed by atoms with Crippen LogP contribution in [0.1, 0.15) is 10.4 Å². The number of aromatic nitrogens is 1. The minimum atomic E-state index is -0.179. The molecular formula is C21H16N2O2. The first-order chi connectivity index (χ1) is 12.3. The number of H-pyrrole nitrogens is 1. The lowest BCUT2D eigenvalue weighted by Crippen LogP contribution is -2.12. The summed E-state index contributed by atoms with van der Waals surface area (Å²) in [5, 5.41) is 3.83. The van der Waals surface area contributed by atoms with Crippen LogP contribution in [-0.2, 0) is 0 Å². The second-order valence-corrected chi connectivity index (χ2v) is 5.61. The van der Waals surface area contributed by atoms with E-state index in [-0.39, 0.29) is 5.91 Å². The molecule has 25 heavy (non-hydrogen) atoms. The molecule has 4 heteroatoms. The first-order valence-corrected chi connectivity index (χ1v) is 8.01. The molecule has 122 valence electrons. The first-order valence-electron chi connectivity index (χ1n) is 8.01. The van der Waals surface area contributed by atoms with E-state index in [4.69, 9.17) is 4.74 Å². The van der Waals surface area contributed by atoms with Gasteiger partial charge in [-0.3, -0.25) is 4.79 Å². The average molecular weight is 328 g/mol. The van der Waals surface area contributed by atoms with Crippen molar-refractivity contribution in [1.82, 2.24) is 4.98 Å². The van der Waals surface area contributed by atoms with Crippen molar-refractivity contribution >= 4 is 22.5 Å². The predicted molar refractivity (Wildman–Crippen MR) is 99.2 cm³/mol. The Morgan fingerprint density at radius 2 is 1.56 bits per heavy atom. The van der Waals surface area contributed by atoms with Crippen LogP contribution in [0.25, 0.3) is 10.9 Å². The van der Waals surface area contributed by atoms with Gasteiger partial charge in [0.05, 0.1) is 11.3 Å². The minimum Gasteiger partial charge on any atom is -0.455 e. The smallest absolute Gasteiger partial charge is 0.257 e. The topological polar surface area (TPSA) is 54.1 Å². The molecule has 3 aromatic carbocycles. The van der Waals surface area contributed by atoms with Crippen LogP contribution in [0, 0.1) is 0 Å². The van der Waals surface area contributed by atoms with E-state index in [1.54, 1.807) is 6.20 Å². The Morgan fingerprint density at radius 1 is 0.840 bits per heavy atom. The van der Waals surface area contributed by atoms with Gasteiger partial charge in [-0.2, -0.15) is 0 Å². The molecule has 0 aliphatic rings.